The molecule has 0 spiro atoms. The lowest BCUT2D eigenvalue weighted by Crippen LogP contribution is -2.11. The molecule has 0 fully saturated rings. The van der Waals surface area contributed by atoms with Crippen LogP contribution < -0.4 is 11.5 Å². The van der Waals surface area contributed by atoms with Crippen molar-refractivity contribution in [2.45, 2.75) is 0 Å². The fourth-order valence-electron chi connectivity index (χ4n) is 2.42. The Balaban J connectivity index is 2.04. The highest BCUT2D eigenvalue weighted by atomic mass is 16.6. The second-order valence-corrected chi connectivity index (χ2v) is 5.47. The number of amidine groups is 2. The van der Waals surface area contributed by atoms with Crippen molar-refractivity contribution in [1.82, 2.24) is 5.16 Å². The minimum Gasteiger partial charge on any atom is -0.384 e. The van der Waals surface area contributed by atoms with Crippen molar-refractivity contribution in [3.8, 4) is 22.6 Å². The summed E-state index contributed by atoms with van der Waals surface area (Å²) < 4.78 is 5.30. The van der Waals surface area contributed by atoms with Gasteiger partial charge in [0.2, 0.25) is 0 Å². The molecular formula is C17H14N6O3. The SMILES string of the molecule is N=C(N)c1ccc(-c2cc(-c3cc(C(=N)N)ccc3[N+](=O)[O-])no2)cc1. The maximum Gasteiger partial charge on any atom is 0.278 e. The summed E-state index contributed by atoms with van der Waals surface area (Å²) in [6.07, 6.45) is 0. The predicted molar refractivity (Wildman–Crippen MR) is 96.1 cm³/mol. The number of hydrogen-bond acceptors (Lipinski definition) is 6. The van der Waals surface area contributed by atoms with Crippen molar-refractivity contribution in [1.29, 1.82) is 10.8 Å². The first kappa shape index (κ1) is 16.8. The van der Waals surface area contributed by atoms with Crippen molar-refractivity contribution >= 4 is 17.4 Å². The van der Waals surface area contributed by atoms with Crippen LogP contribution in [0.1, 0.15) is 11.1 Å². The van der Waals surface area contributed by atoms with E-state index in [4.69, 9.17) is 26.8 Å². The van der Waals surface area contributed by atoms with Gasteiger partial charge in [-0.25, -0.2) is 0 Å². The van der Waals surface area contributed by atoms with E-state index in [1.54, 1.807) is 30.3 Å². The summed E-state index contributed by atoms with van der Waals surface area (Å²) in [6.45, 7) is 0. The summed E-state index contributed by atoms with van der Waals surface area (Å²) in [5.41, 5.74) is 12.8. The van der Waals surface area contributed by atoms with Crippen LogP contribution in [0.5, 0.6) is 0 Å². The molecule has 0 unspecified atom stereocenters. The summed E-state index contributed by atoms with van der Waals surface area (Å²) in [6, 6.07) is 12.4. The Bertz CT molecular complexity index is 1020. The number of aromatic nitrogens is 1. The topological polar surface area (TPSA) is 169 Å². The second kappa shape index (κ2) is 6.48. The van der Waals surface area contributed by atoms with Gasteiger partial charge in [-0.15, -0.1) is 0 Å². The third kappa shape index (κ3) is 3.13. The highest BCUT2D eigenvalue weighted by molar-refractivity contribution is 5.97. The third-order valence-electron chi connectivity index (χ3n) is 3.77. The zero-order chi connectivity index (χ0) is 18.8. The number of nitro benzene ring substituents is 1. The molecule has 130 valence electrons. The molecule has 0 saturated heterocycles. The van der Waals surface area contributed by atoms with Gasteiger partial charge in [0.05, 0.1) is 10.5 Å². The minimum atomic E-state index is -0.532. The normalized spacial score (nSPS) is 10.5. The van der Waals surface area contributed by atoms with Gasteiger partial charge < -0.3 is 16.0 Å². The Hall–Kier alpha value is -4.01. The second-order valence-electron chi connectivity index (χ2n) is 5.47. The lowest BCUT2D eigenvalue weighted by Gasteiger charge is -2.02. The van der Waals surface area contributed by atoms with Gasteiger partial charge in [-0.2, -0.15) is 0 Å². The maximum absolute atomic E-state index is 11.3. The van der Waals surface area contributed by atoms with E-state index in [0.29, 0.717) is 22.5 Å². The molecular weight excluding hydrogens is 336 g/mol. The van der Waals surface area contributed by atoms with Gasteiger partial charge in [0.1, 0.15) is 17.4 Å². The molecule has 0 bridgehead atoms. The van der Waals surface area contributed by atoms with Gasteiger partial charge in [0.15, 0.2) is 5.76 Å². The Morgan fingerprint density at radius 1 is 1.00 bits per heavy atom. The standard InChI is InChI=1S/C17H14N6O3/c18-16(19)10-3-1-9(2-4-10)15-8-13(22-26-15)12-7-11(17(20)21)5-6-14(12)23(24)25/h1-8H,(H3,18,19)(H3,20,21). The fourth-order valence-corrected chi connectivity index (χ4v) is 2.42. The zero-order valence-electron chi connectivity index (χ0n) is 13.4. The van der Waals surface area contributed by atoms with Crippen molar-refractivity contribution in [2.75, 3.05) is 0 Å². The molecule has 0 radical (unpaired) electrons. The Labute approximate surface area is 147 Å². The van der Waals surface area contributed by atoms with Crippen molar-refractivity contribution in [3.63, 3.8) is 0 Å². The van der Waals surface area contributed by atoms with E-state index in [-0.39, 0.29) is 28.6 Å². The van der Waals surface area contributed by atoms with Crippen molar-refractivity contribution in [2.24, 2.45) is 11.5 Å². The molecule has 1 heterocycles. The number of nitro groups is 1. The summed E-state index contributed by atoms with van der Waals surface area (Å²) in [7, 11) is 0. The average molecular weight is 350 g/mol. The van der Waals surface area contributed by atoms with E-state index in [2.05, 4.69) is 5.16 Å². The molecule has 2 aromatic carbocycles. The van der Waals surface area contributed by atoms with Gasteiger partial charge in [-0.1, -0.05) is 29.4 Å². The fraction of sp³-hybridized carbons (Fsp3) is 0. The first-order valence-electron chi connectivity index (χ1n) is 7.41. The highest BCUT2D eigenvalue weighted by Gasteiger charge is 2.20. The Morgan fingerprint density at radius 2 is 1.62 bits per heavy atom. The number of nitrogens with two attached hydrogens (primary N) is 2. The maximum atomic E-state index is 11.3. The third-order valence-corrected chi connectivity index (χ3v) is 3.77. The van der Waals surface area contributed by atoms with Gasteiger partial charge in [-0.3, -0.25) is 20.9 Å². The molecule has 3 aromatic rings. The number of nitrogens with zero attached hydrogens (tertiary/aromatic N) is 2. The van der Waals surface area contributed by atoms with E-state index in [1.165, 1.54) is 18.2 Å². The van der Waals surface area contributed by atoms with Crippen molar-refractivity contribution < 1.29 is 9.45 Å². The molecule has 0 aliphatic rings. The average Bonchev–Trinajstić information content (AvgIpc) is 3.11. The van der Waals surface area contributed by atoms with E-state index in [9.17, 15) is 10.1 Å². The zero-order valence-corrected chi connectivity index (χ0v) is 13.4. The number of rotatable bonds is 5. The van der Waals surface area contributed by atoms with Crippen LogP contribution in [0.25, 0.3) is 22.6 Å². The lowest BCUT2D eigenvalue weighted by molar-refractivity contribution is -0.384. The summed E-state index contributed by atoms with van der Waals surface area (Å²) in [5, 5.41) is 30.1. The van der Waals surface area contributed by atoms with E-state index in [0.717, 1.165) is 0 Å². The Kier molecular flexibility index (Phi) is 4.19. The molecule has 1 aromatic heterocycles. The molecule has 3 rings (SSSR count). The predicted octanol–water partition coefficient (Wildman–Crippen LogP) is 2.48. The van der Waals surface area contributed by atoms with Gasteiger partial charge in [-0.05, 0) is 12.1 Å². The summed E-state index contributed by atoms with van der Waals surface area (Å²) in [4.78, 5) is 10.8. The van der Waals surface area contributed by atoms with E-state index in [1.807, 2.05) is 0 Å². The largest absolute Gasteiger partial charge is 0.384 e. The van der Waals surface area contributed by atoms with Gasteiger partial charge in [0.25, 0.3) is 5.69 Å². The quantitative estimate of drug-likeness (QED) is 0.238. The smallest absolute Gasteiger partial charge is 0.278 e. The van der Waals surface area contributed by atoms with Crippen LogP contribution in [0.4, 0.5) is 5.69 Å². The first-order valence-corrected chi connectivity index (χ1v) is 7.41. The number of nitrogens with one attached hydrogen (secondary N) is 2. The lowest BCUT2D eigenvalue weighted by atomic mass is 10.0. The van der Waals surface area contributed by atoms with Crippen LogP contribution in [0.2, 0.25) is 0 Å². The molecule has 26 heavy (non-hydrogen) atoms. The number of nitrogen functional groups attached to an aromatic ring is 2. The van der Waals surface area contributed by atoms with E-state index < -0.39 is 4.92 Å². The monoisotopic (exact) mass is 350 g/mol. The molecule has 9 nitrogen and oxygen atoms in total. The number of benzene rings is 2. The Morgan fingerprint density at radius 3 is 2.19 bits per heavy atom. The highest BCUT2D eigenvalue weighted by Crippen LogP contribution is 2.33. The molecule has 0 amide bonds. The van der Waals surface area contributed by atoms with Crippen LogP contribution in [-0.4, -0.2) is 21.8 Å². The molecule has 0 aliphatic carbocycles. The molecule has 0 atom stereocenters. The molecule has 0 saturated carbocycles. The molecule has 9 heteroatoms. The van der Waals surface area contributed by atoms with Gasteiger partial charge in [0, 0.05) is 28.8 Å². The van der Waals surface area contributed by atoms with Gasteiger partial charge >= 0.3 is 0 Å². The first-order chi connectivity index (χ1) is 12.4. The van der Waals surface area contributed by atoms with Crippen molar-refractivity contribution in [3.05, 3.63) is 69.8 Å². The van der Waals surface area contributed by atoms with Crippen LogP contribution in [-0.2, 0) is 0 Å². The van der Waals surface area contributed by atoms with Crippen LogP contribution in [0.15, 0.2) is 53.1 Å². The summed E-state index contributed by atoms with van der Waals surface area (Å²) >= 11 is 0. The summed E-state index contributed by atoms with van der Waals surface area (Å²) in [5.74, 6) is 0.147. The minimum absolute atomic E-state index is 0.0496. The van der Waals surface area contributed by atoms with Crippen LogP contribution >= 0.6 is 0 Å². The van der Waals surface area contributed by atoms with E-state index >= 15 is 0 Å². The van der Waals surface area contributed by atoms with Crippen LogP contribution in [0.3, 0.4) is 0 Å². The number of hydrogen-bond donors (Lipinski definition) is 4. The molecule has 0 aliphatic heterocycles. The molecule has 6 N–H and O–H groups in total. The van der Waals surface area contributed by atoms with Crippen LogP contribution in [0, 0.1) is 20.9 Å².